The maximum Gasteiger partial charge on any atom is 4.00 e. The molecule has 0 radical (unpaired) electrons. The van der Waals surface area contributed by atoms with Gasteiger partial charge in [0.05, 0.1) is 0 Å². The first kappa shape index (κ1) is 26.2. The Kier molecular flexibility index (Phi) is 11.8. The van der Waals surface area contributed by atoms with E-state index in [0.29, 0.717) is 0 Å². The van der Waals surface area contributed by atoms with Gasteiger partial charge in [0.25, 0.3) is 0 Å². The number of hydrogen-bond donors (Lipinski definition) is 0. The van der Waals surface area contributed by atoms with Gasteiger partial charge in [-0.1, -0.05) is 32.3 Å². The van der Waals surface area contributed by atoms with E-state index in [2.05, 4.69) is 98.3 Å². The van der Waals surface area contributed by atoms with Gasteiger partial charge in [0.1, 0.15) is 0 Å². The Morgan fingerprint density at radius 1 is 0.964 bits per heavy atom. The number of benzene rings is 1. The average molecular weight is 459 g/mol. The molecule has 1 nitrogen and oxygen atoms in total. The number of hydrogen-bond acceptors (Lipinski definition) is 0. The fraction of sp³-hybridized carbons (Fsp3) is 0.250. The van der Waals surface area contributed by atoms with E-state index in [1.165, 1.54) is 52.5 Å². The van der Waals surface area contributed by atoms with Crippen molar-refractivity contribution < 1.29 is 35.6 Å². The fourth-order valence-corrected chi connectivity index (χ4v) is 3.25. The molecule has 1 aromatic heterocycles. The Morgan fingerprint density at radius 3 is 2.21 bits per heavy atom. The molecule has 0 N–H and O–H groups in total. The molecule has 0 aliphatic carbocycles. The van der Waals surface area contributed by atoms with Crippen LogP contribution in [0.4, 0.5) is 0 Å². The van der Waals surface area contributed by atoms with Gasteiger partial charge < -0.3 is 14.0 Å². The van der Waals surface area contributed by atoms with Gasteiger partial charge in [0.15, 0.2) is 0 Å². The summed E-state index contributed by atoms with van der Waals surface area (Å²) >= 11 is 0. The van der Waals surface area contributed by atoms with Gasteiger partial charge in [-0.15, -0.1) is 41.1 Å². The smallest absolute Gasteiger partial charge is 1.00 e. The van der Waals surface area contributed by atoms with E-state index in [9.17, 15) is 0 Å². The van der Waals surface area contributed by atoms with Crippen LogP contribution in [0.2, 0.25) is 0 Å². The number of nitrogens with zero attached hydrogens (tertiary/aromatic N) is 1. The number of rotatable bonds is 4. The topological polar surface area (TPSA) is 4.93 Å². The number of aryl methyl sites for hydroxylation is 3. The molecule has 146 valence electrons. The van der Waals surface area contributed by atoms with Crippen molar-refractivity contribution in [3.63, 3.8) is 0 Å². The van der Waals surface area contributed by atoms with Crippen LogP contribution in [0.1, 0.15) is 36.6 Å². The molecule has 0 saturated heterocycles. The molecule has 28 heavy (non-hydrogen) atoms. The number of halogens is 2. The summed E-state index contributed by atoms with van der Waals surface area (Å²) in [5.41, 5.74) is 5.33. The van der Waals surface area contributed by atoms with E-state index in [4.69, 9.17) is 0 Å². The SMILES string of the molecule is CCCC[c-]1cccc1.Cc1cc(C)n(-c2cc3ccccc3[cH-]2)c1.[F-].[F-].[Zr+4]. The normalized spacial score (nSPS) is 9.54. The minimum atomic E-state index is 0. The Hall–Kier alpha value is -1.80. The average Bonchev–Trinajstić information content (AvgIpc) is 3.32. The molecule has 4 rings (SSSR count). The molecular weight excluding hydrogens is 431 g/mol. The first-order valence-electron chi connectivity index (χ1n) is 9.19. The summed E-state index contributed by atoms with van der Waals surface area (Å²) in [6.45, 7) is 6.50. The summed E-state index contributed by atoms with van der Waals surface area (Å²) in [5, 5.41) is 2.62. The molecule has 0 unspecified atom stereocenters. The summed E-state index contributed by atoms with van der Waals surface area (Å²) in [6.07, 6.45) is 6.06. The van der Waals surface area contributed by atoms with E-state index < -0.39 is 0 Å². The maximum absolute atomic E-state index is 2.25. The predicted octanol–water partition coefficient (Wildman–Crippen LogP) is 0.720. The van der Waals surface area contributed by atoms with Gasteiger partial charge in [0, 0.05) is 11.9 Å². The van der Waals surface area contributed by atoms with Gasteiger partial charge >= 0.3 is 26.2 Å². The minimum absolute atomic E-state index is 0. The van der Waals surface area contributed by atoms with Crippen LogP contribution in [-0.4, -0.2) is 4.57 Å². The molecule has 0 spiro atoms. The van der Waals surface area contributed by atoms with Gasteiger partial charge in [-0.05, 0) is 31.2 Å². The second-order valence-electron chi connectivity index (χ2n) is 6.77. The summed E-state index contributed by atoms with van der Waals surface area (Å²) in [4.78, 5) is 0. The van der Waals surface area contributed by atoms with Crippen molar-refractivity contribution in [3.8, 4) is 5.69 Å². The van der Waals surface area contributed by atoms with Crippen molar-refractivity contribution >= 4 is 10.8 Å². The molecule has 0 amide bonds. The number of unbranched alkanes of at least 4 members (excludes halogenated alkanes) is 1. The Balaban J connectivity index is 0.000000533. The molecule has 0 aliphatic heterocycles. The summed E-state index contributed by atoms with van der Waals surface area (Å²) in [5.74, 6) is 0. The largest absolute Gasteiger partial charge is 4.00 e. The van der Waals surface area contributed by atoms with Crippen LogP contribution in [0, 0.1) is 13.8 Å². The standard InChI is InChI=1S/C15H14N.C9H13.2FH.Zr/c1-11-7-12(2)16(10-11)15-8-13-5-3-4-6-14(13)9-15;1-2-3-6-9-7-4-5-8-9;;;/h3-10H,1-2H3;4-5,7-8H,2-3,6H2,1H3;2*1H;/q2*-1;;;+4/p-2. The minimum Gasteiger partial charge on any atom is -1.00 e. The number of aromatic nitrogens is 1. The van der Waals surface area contributed by atoms with Crippen molar-refractivity contribution in [1.29, 1.82) is 0 Å². The third-order valence-electron chi connectivity index (χ3n) is 4.58. The molecule has 0 aliphatic rings. The second-order valence-corrected chi connectivity index (χ2v) is 6.77. The summed E-state index contributed by atoms with van der Waals surface area (Å²) in [7, 11) is 0. The Morgan fingerprint density at radius 2 is 1.64 bits per heavy atom. The van der Waals surface area contributed by atoms with E-state index in [0.717, 1.165) is 0 Å². The molecule has 0 bridgehead atoms. The zero-order valence-electron chi connectivity index (χ0n) is 16.8. The van der Waals surface area contributed by atoms with Crippen LogP contribution in [-0.2, 0) is 32.6 Å². The van der Waals surface area contributed by atoms with E-state index in [-0.39, 0.29) is 35.6 Å². The predicted molar refractivity (Wildman–Crippen MR) is 109 cm³/mol. The maximum atomic E-state index is 2.25. The zero-order chi connectivity index (χ0) is 17.6. The van der Waals surface area contributed by atoms with Crippen LogP contribution in [0.25, 0.3) is 16.5 Å². The van der Waals surface area contributed by atoms with E-state index in [1.54, 1.807) is 0 Å². The Labute approximate surface area is 186 Å². The quantitative estimate of drug-likeness (QED) is 0.397. The van der Waals surface area contributed by atoms with Crippen molar-refractivity contribution in [2.45, 2.75) is 40.0 Å². The third-order valence-corrected chi connectivity index (χ3v) is 4.58. The first-order valence-corrected chi connectivity index (χ1v) is 9.19. The molecular formula is C24H27F2NZr. The van der Waals surface area contributed by atoms with Crippen LogP contribution in [0.5, 0.6) is 0 Å². The molecule has 0 fully saturated rings. The van der Waals surface area contributed by atoms with Crippen LogP contribution in [0.15, 0.2) is 72.9 Å². The van der Waals surface area contributed by atoms with Gasteiger partial charge in [0.2, 0.25) is 0 Å². The monoisotopic (exact) mass is 457 g/mol. The van der Waals surface area contributed by atoms with E-state index >= 15 is 0 Å². The van der Waals surface area contributed by atoms with Gasteiger partial charge in [-0.2, -0.15) is 17.7 Å². The van der Waals surface area contributed by atoms with Crippen molar-refractivity contribution in [2.24, 2.45) is 0 Å². The first-order chi connectivity index (χ1) is 12.2. The van der Waals surface area contributed by atoms with Crippen molar-refractivity contribution in [3.05, 3.63) is 89.7 Å². The summed E-state index contributed by atoms with van der Waals surface area (Å²) in [6, 6.07) is 23.7. The summed E-state index contributed by atoms with van der Waals surface area (Å²) < 4.78 is 2.25. The molecule has 0 atom stereocenters. The molecule has 0 saturated carbocycles. The molecule has 1 heterocycles. The van der Waals surface area contributed by atoms with Gasteiger partial charge in [-0.3, -0.25) is 0 Å². The third kappa shape index (κ3) is 6.67. The van der Waals surface area contributed by atoms with E-state index in [1.807, 2.05) is 0 Å². The van der Waals surface area contributed by atoms with Crippen LogP contribution < -0.4 is 9.41 Å². The molecule has 3 aromatic carbocycles. The fourth-order valence-electron chi connectivity index (χ4n) is 3.25. The molecule has 4 heteroatoms. The van der Waals surface area contributed by atoms with Crippen molar-refractivity contribution in [2.75, 3.05) is 0 Å². The zero-order valence-corrected chi connectivity index (χ0v) is 19.2. The molecule has 4 aromatic rings. The Bertz CT molecular complexity index is 886. The van der Waals surface area contributed by atoms with Crippen LogP contribution in [0.3, 0.4) is 0 Å². The second kappa shape index (κ2) is 12.6. The van der Waals surface area contributed by atoms with Crippen molar-refractivity contribution in [1.82, 2.24) is 4.57 Å². The van der Waals surface area contributed by atoms with Crippen LogP contribution >= 0.6 is 0 Å². The number of fused-ring (bicyclic) bond motifs is 1. The van der Waals surface area contributed by atoms with Gasteiger partial charge in [-0.25, -0.2) is 12.1 Å².